The Morgan fingerprint density at radius 2 is 1.95 bits per heavy atom. The van der Waals surface area contributed by atoms with Crippen molar-refractivity contribution in [1.82, 2.24) is 0 Å². The van der Waals surface area contributed by atoms with Crippen LogP contribution in [-0.2, 0) is 6.61 Å². The van der Waals surface area contributed by atoms with Crippen molar-refractivity contribution in [1.29, 1.82) is 0 Å². The third-order valence-corrected chi connectivity index (χ3v) is 3.03. The van der Waals surface area contributed by atoms with Crippen LogP contribution in [0, 0.1) is 18.6 Å². The van der Waals surface area contributed by atoms with Gasteiger partial charge in [-0.25, -0.2) is 8.78 Å². The van der Waals surface area contributed by atoms with E-state index in [4.69, 9.17) is 4.74 Å². The molecule has 0 spiro atoms. The Balaban J connectivity index is 2.21. The number of ether oxygens (including phenoxy) is 1. The van der Waals surface area contributed by atoms with Gasteiger partial charge in [0.1, 0.15) is 12.4 Å². The van der Waals surface area contributed by atoms with E-state index in [9.17, 15) is 13.9 Å². The molecular formula is C16H16F2O2. The zero-order valence-corrected chi connectivity index (χ0v) is 11.4. The first-order chi connectivity index (χ1) is 9.49. The van der Waals surface area contributed by atoms with E-state index >= 15 is 0 Å². The summed E-state index contributed by atoms with van der Waals surface area (Å²) in [6, 6.07) is 9.32. The molecule has 0 fully saturated rings. The van der Waals surface area contributed by atoms with Gasteiger partial charge in [0.05, 0.1) is 6.10 Å². The molecule has 0 aliphatic rings. The highest BCUT2D eigenvalue weighted by molar-refractivity contribution is 5.38. The van der Waals surface area contributed by atoms with Crippen molar-refractivity contribution in [2.45, 2.75) is 26.6 Å². The van der Waals surface area contributed by atoms with Gasteiger partial charge in [-0.05, 0) is 32.0 Å². The molecule has 20 heavy (non-hydrogen) atoms. The monoisotopic (exact) mass is 278 g/mol. The van der Waals surface area contributed by atoms with Crippen LogP contribution < -0.4 is 4.74 Å². The van der Waals surface area contributed by atoms with Crippen LogP contribution in [0.3, 0.4) is 0 Å². The molecule has 2 rings (SSSR count). The normalized spacial score (nSPS) is 12.2. The lowest BCUT2D eigenvalue weighted by Gasteiger charge is -2.14. The quantitative estimate of drug-likeness (QED) is 0.919. The van der Waals surface area contributed by atoms with Crippen LogP contribution in [-0.4, -0.2) is 5.11 Å². The predicted molar refractivity (Wildman–Crippen MR) is 72.5 cm³/mol. The second kappa shape index (κ2) is 6.01. The zero-order valence-electron chi connectivity index (χ0n) is 11.4. The molecule has 0 saturated carbocycles. The highest BCUT2D eigenvalue weighted by Gasteiger charge is 2.12. The maximum atomic E-state index is 13.5. The van der Waals surface area contributed by atoms with Crippen molar-refractivity contribution in [2.24, 2.45) is 0 Å². The van der Waals surface area contributed by atoms with Gasteiger partial charge in [0, 0.05) is 11.1 Å². The molecule has 0 amide bonds. The fourth-order valence-corrected chi connectivity index (χ4v) is 1.94. The molecule has 1 N–H and O–H groups in total. The summed E-state index contributed by atoms with van der Waals surface area (Å²) in [5.74, 6) is -1.33. The minimum absolute atomic E-state index is 0.0909. The van der Waals surface area contributed by atoms with E-state index in [-0.39, 0.29) is 12.2 Å². The maximum absolute atomic E-state index is 13.5. The molecule has 2 nitrogen and oxygen atoms in total. The summed E-state index contributed by atoms with van der Waals surface area (Å²) >= 11 is 0. The molecule has 1 atom stereocenters. The minimum Gasteiger partial charge on any atom is -0.488 e. The van der Waals surface area contributed by atoms with Gasteiger partial charge in [-0.1, -0.05) is 23.8 Å². The van der Waals surface area contributed by atoms with Crippen LogP contribution in [0.5, 0.6) is 5.75 Å². The number of halogens is 2. The molecule has 0 bridgehead atoms. The summed E-state index contributed by atoms with van der Waals surface area (Å²) < 4.78 is 32.1. The van der Waals surface area contributed by atoms with Crippen molar-refractivity contribution in [3.8, 4) is 5.75 Å². The van der Waals surface area contributed by atoms with Crippen LogP contribution in [0.1, 0.15) is 29.7 Å². The average molecular weight is 278 g/mol. The molecule has 2 aromatic rings. The molecule has 0 aromatic heterocycles. The predicted octanol–water partition coefficient (Wildman–Crippen LogP) is 3.91. The Hall–Kier alpha value is -1.94. The first-order valence-corrected chi connectivity index (χ1v) is 6.33. The Labute approximate surface area is 116 Å². The molecule has 0 heterocycles. The smallest absolute Gasteiger partial charge is 0.165 e. The first kappa shape index (κ1) is 14.5. The minimum atomic E-state index is -0.904. The number of hydrogen-bond donors (Lipinski definition) is 1. The van der Waals surface area contributed by atoms with Gasteiger partial charge >= 0.3 is 0 Å². The van der Waals surface area contributed by atoms with Gasteiger partial charge in [0.15, 0.2) is 11.6 Å². The molecule has 0 aliphatic heterocycles. The molecule has 4 heteroatoms. The van der Waals surface area contributed by atoms with Crippen molar-refractivity contribution in [3.05, 3.63) is 64.7 Å². The number of hydrogen-bond acceptors (Lipinski definition) is 2. The second-order valence-corrected chi connectivity index (χ2v) is 4.72. The number of aliphatic hydroxyl groups excluding tert-OH is 1. The first-order valence-electron chi connectivity index (χ1n) is 6.33. The van der Waals surface area contributed by atoms with E-state index in [0.29, 0.717) is 11.3 Å². The van der Waals surface area contributed by atoms with Gasteiger partial charge < -0.3 is 9.84 Å². The Morgan fingerprint density at radius 3 is 2.65 bits per heavy atom. The maximum Gasteiger partial charge on any atom is 0.165 e. The molecule has 0 saturated heterocycles. The second-order valence-electron chi connectivity index (χ2n) is 4.72. The van der Waals surface area contributed by atoms with Gasteiger partial charge in [0.25, 0.3) is 0 Å². The summed E-state index contributed by atoms with van der Waals surface area (Å²) in [5, 5.41) is 9.71. The molecule has 1 unspecified atom stereocenters. The highest BCUT2D eigenvalue weighted by Crippen LogP contribution is 2.27. The topological polar surface area (TPSA) is 29.5 Å². The van der Waals surface area contributed by atoms with Gasteiger partial charge in [-0.15, -0.1) is 0 Å². The lowest BCUT2D eigenvalue weighted by molar-refractivity contribution is 0.189. The summed E-state index contributed by atoms with van der Waals surface area (Å²) in [7, 11) is 0. The largest absolute Gasteiger partial charge is 0.488 e. The SMILES string of the molecule is Cc1ccc(OCc2cccc(F)c2F)c(C(C)O)c1. The van der Waals surface area contributed by atoms with E-state index in [2.05, 4.69) is 0 Å². The van der Waals surface area contributed by atoms with Crippen molar-refractivity contribution in [3.63, 3.8) is 0 Å². The Kier molecular flexibility index (Phi) is 4.35. The fraction of sp³-hybridized carbons (Fsp3) is 0.250. The summed E-state index contributed by atoms with van der Waals surface area (Å²) in [6.07, 6.45) is -0.692. The van der Waals surface area contributed by atoms with Crippen molar-refractivity contribution < 1.29 is 18.6 Å². The van der Waals surface area contributed by atoms with E-state index in [1.165, 1.54) is 12.1 Å². The number of aryl methyl sites for hydroxylation is 1. The van der Waals surface area contributed by atoms with Crippen LogP contribution in [0.2, 0.25) is 0 Å². The van der Waals surface area contributed by atoms with E-state index in [1.54, 1.807) is 13.0 Å². The summed E-state index contributed by atoms with van der Waals surface area (Å²) in [5.41, 5.74) is 1.76. The number of rotatable bonds is 4. The van der Waals surface area contributed by atoms with Crippen LogP contribution in [0.25, 0.3) is 0 Å². The highest BCUT2D eigenvalue weighted by atomic mass is 19.2. The van der Waals surface area contributed by atoms with Gasteiger partial charge in [-0.3, -0.25) is 0 Å². The molecule has 106 valence electrons. The third-order valence-electron chi connectivity index (χ3n) is 3.03. The van der Waals surface area contributed by atoms with Gasteiger partial charge in [-0.2, -0.15) is 0 Å². The standard InChI is InChI=1S/C16H16F2O2/c1-10-6-7-15(13(8-10)11(2)19)20-9-12-4-3-5-14(17)16(12)18/h3-8,11,19H,9H2,1-2H3. The molecular weight excluding hydrogens is 262 g/mol. The Bertz CT molecular complexity index is 609. The molecule has 2 aromatic carbocycles. The number of aliphatic hydroxyl groups is 1. The fourth-order valence-electron chi connectivity index (χ4n) is 1.94. The van der Waals surface area contributed by atoms with Crippen LogP contribution in [0.4, 0.5) is 8.78 Å². The van der Waals surface area contributed by atoms with Gasteiger partial charge in [0.2, 0.25) is 0 Å². The Morgan fingerprint density at radius 1 is 1.20 bits per heavy atom. The van der Waals surface area contributed by atoms with Crippen molar-refractivity contribution in [2.75, 3.05) is 0 Å². The summed E-state index contributed by atoms with van der Waals surface area (Å²) in [4.78, 5) is 0. The third kappa shape index (κ3) is 3.14. The number of benzene rings is 2. The average Bonchev–Trinajstić information content (AvgIpc) is 2.41. The lowest BCUT2D eigenvalue weighted by atomic mass is 10.1. The van der Waals surface area contributed by atoms with Crippen LogP contribution >= 0.6 is 0 Å². The zero-order chi connectivity index (χ0) is 14.7. The van der Waals surface area contributed by atoms with Crippen molar-refractivity contribution >= 4 is 0 Å². The summed E-state index contributed by atoms with van der Waals surface area (Å²) in [6.45, 7) is 3.44. The van der Waals surface area contributed by atoms with Crippen LogP contribution in [0.15, 0.2) is 36.4 Å². The van der Waals surface area contributed by atoms with E-state index < -0.39 is 17.7 Å². The molecule has 0 aliphatic carbocycles. The lowest BCUT2D eigenvalue weighted by Crippen LogP contribution is -2.04. The molecule has 0 radical (unpaired) electrons. The van der Waals surface area contributed by atoms with E-state index in [1.807, 2.05) is 19.1 Å². The van der Waals surface area contributed by atoms with E-state index in [0.717, 1.165) is 11.6 Å².